The van der Waals surface area contributed by atoms with Gasteiger partial charge in [-0.25, -0.2) is 0 Å². The zero-order valence-electron chi connectivity index (χ0n) is 10.5. The maximum absolute atomic E-state index is 12.3. The highest BCUT2D eigenvalue weighted by molar-refractivity contribution is 6.09. The second kappa shape index (κ2) is 6.19. The van der Waals surface area contributed by atoms with Crippen LogP contribution in [0.3, 0.4) is 0 Å². The zero-order chi connectivity index (χ0) is 15.3. The summed E-state index contributed by atoms with van der Waals surface area (Å²) in [5.41, 5.74) is -0.760. The van der Waals surface area contributed by atoms with E-state index < -0.39 is 29.3 Å². The lowest BCUT2D eigenvalue weighted by atomic mass is 10.0. The minimum atomic E-state index is -4.46. The van der Waals surface area contributed by atoms with Gasteiger partial charge in [0.15, 0.2) is 11.7 Å². The lowest BCUT2D eigenvalue weighted by Gasteiger charge is -2.10. The number of hydrogen-bond donors (Lipinski definition) is 1. The minimum Gasteiger partial charge on any atom is -0.325 e. The van der Waals surface area contributed by atoms with Gasteiger partial charge in [0.25, 0.3) is 0 Å². The van der Waals surface area contributed by atoms with E-state index in [-0.39, 0.29) is 12.1 Å². The molecule has 20 heavy (non-hydrogen) atoms. The molecule has 0 spiro atoms. The maximum atomic E-state index is 12.3. The van der Waals surface area contributed by atoms with Gasteiger partial charge in [-0.1, -0.05) is 6.92 Å². The Labute approximate surface area is 113 Å². The summed E-state index contributed by atoms with van der Waals surface area (Å²) in [6.07, 6.45) is -4.44. The van der Waals surface area contributed by atoms with Crippen LogP contribution in [0.15, 0.2) is 24.3 Å². The van der Waals surface area contributed by atoms with Crippen LogP contribution in [0.2, 0.25) is 0 Å². The van der Waals surface area contributed by atoms with E-state index >= 15 is 0 Å². The maximum Gasteiger partial charge on any atom is 0.416 e. The molecule has 1 unspecified atom stereocenters. The third-order valence-electron chi connectivity index (χ3n) is 2.54. The van der Waals surface area contributed by atoms with Crippen LogP contribution < -0.4 is 5.32 Å². The van der Waals surface area contributed by atoms with Crippen LogP contribution in [-0.4, -0.2) is 11.7 Å². The van der Waals surface area contributed by atoms with Crippen molar-refractivity contribution in [1.82, 2.24) is 0 Å². The molecule has 0 saturated carbocycles. The number of carbonyl (C=O) groups excluding carboxylic acids is 2. The van der Waals surface area contributed by atoms with Crippen molar-refractivity contribution in [3.05, 3.63) is 29.8 Å². The van der Waals surface area contributed by atoms with Gasteiger partial charge in [0.2, 0.25) is 5.91 Å². The van der Waals surface area contributed by atoms with Crippen LogP contribution >= 0.6 is 0 Å². The van der Waals surface area contributed by atoms with Crippen molar-refractivity contribution in [3.8, 4) is 6.07 Å². The summed E-state index contributed by atoms with van der Waals surface area (Å²) in [7, 11) is 0. The minimum absolute atomic E-state index is 0.0264. The second-order valence-electron chi connectivity index (χ2n) is 3.95. The molecule has 0 bridgehead atoms. The molecule has 7 heteroatoms. The Bertz CT molecular complexity index is 544. The first-order chi connectivity index (χ1) is 9.29. The van der Waals surface area contributed by atoms with E-state index in [0.29, 0.717) is 0 Å². The SMILES string of the molecule is CCC(=O)C(C#N)C(=O)Nc1ccc(C(F)(F)F)cc1. The third kappa shape index (κ3) is 3.82. The second-order valence-corrected chi connectivity index (χ2v) is 3.95. The number of nitrogens with zero attached hydrogens (tertiary/aromatic N) is 1. The van der Waals surface area contributed by atoms with Crippen LogP contribution in [0.4, 0.5) is 18.9 Å². The molecule has 1 aromatic carbocycles. The summed E-state index contributed by atoms with van der Waals surface area (Å²) in [4.78, 5) is 23.0. The zero-order valence-corrected chi connectivity index (χ0v) is 10.5. The molecule has 4 nitrogen and oxygen atoms in total. The largest absolute Gasteiger partial charge is 0.416 e. The van der Waals surface area contributed by atoms with E-state index in [1.165, 1.54) is 6.92 Å². The monoisotopic (exact) mass is 284 g/mol. The van der Waals surface area contributed by atoms with E-state index in [4.69, 9.17) is 5.26 Å². The molecule has 0 aliphatic heterocycles. The number of anilines is 1. The molecule has 0 saturated heterocycles. The number of carbonyl (C=O) groups is 2. The number of hydrogen-bond acceptors (Lipinski definition) is 3. The molecule has 106 valence electrons. The van der Waals surface area contributed by atoms with E-state index in [2.05, 4.69) is 5.32 Å². The molecule has 0 heterocycles. The Morgan fingerprint density at radius 3 is 2.25 bits per heavy atom. The van der Waals surface area contributed by atoms with Gasteiger partial charge in [-0.15, -0.1) is 0 Å². The Balaban J connectivity index is 2.82. The number of alkyl halides is 3. The van der Waals surface area contributed by atoms with Gasteiger partial charge in [0.1, 0.15) is 0 Å². The van der Waals surface area contributed by atoms with Crippen LogP contribution in [0, 0.1) is 17.2 Å². The van der Waals surface area contributed by atoms with E-state index in [1.807, 2.05) is 0 Å². The summed E-state index contributed by atoms with van der Waals surface area (Å²) in [6, 6.07) is 5.30. The summed E-state index contributed by atoms with van der Waals surface area (Å²) < 4.78 is 37.0. The molecule has 0 fully saturated rings. The molecule has 1 atom stereocenters. The molecule has 0 aliphatic rings. The smallest absolute Gasteiger partial charge is 0.325 e. The van der Waals surface area contributed by atoms with Crippen molar-refractivity contribution in [1.29, 1.82) is 5.26 Å². The van der Waals surface area contributed by atoms with E-state index in [9.17, 15) is 22.8 Å². The number of halogens is 3. The topological polar surface area (TPSA) is 70.0 Å². The molecule has 1 rings (SSSR count). The van der Waals surface area contributed by atoms with Crippen molar-refractivity contribution in [3.63, 3.8) is 0 Å². The highest BCUT2D eigenvalue weighted by Gasteiger charge is 2.30. The number of benzene rings is 1. The van der Waals surface area contributed by atoms with Crippen LogP contribution in [-0.2, 0) is 15.8 Å². The summed E-state index contributed by atoms with van der Waals surface area (Å²) in [6.45, 7) is 1.51. The predicted molar refractivity (Wildman–Crippen MR) is 64.5 cm³/mol. The van der Waals surface area contributed by atoms with Crippen molar-refractivity contribution in [2.75, 3.05) is 5.32 Å². The van der Waals surface area contributed by atoms with E-state index in [1.54, 1.807) is 6.07 Å². The number of nitriles is 1. The molecule has 1 amide bonds. The highest BCUT2D eigenvalue weighted by atomic mass is 19.4. The fourth-order valence-corrected chi connectivity index (χ4v) is 1.44. The normalized spacial score (nSPS) is 12.3. The Morgan fingerprint density at radius 1 is 1.30 bits per heavy atom. The number of amides is 1. The molecule has 0 radical (unpaired) electrons. The van der Waals surface area contributed by atoms with Gasteiger partial charge in [0, 0.05) is 12.1 Å². The fraction of sp³-hybridized carbons (Fsp3) is 0.308. The molecule has 1 aromatic rings. The van der Waals surface area contributed by atoms with Gasteiger partial charge in [0.05, 0.1) is 11.6 Å². The third-order valence-corrected chi connectivity index (χ3v) is 2.54. The standard InChI is InChI=1S/C13H11F3N2O2/c1-2-11(19)10(7-17)12(20)18-9-5-3-8(4-6-9)13(14,15)16/h3-6,10H,2H2,1H3,(H,18,20). The first-order valence-corrected chi connectivity index (χ1v) is 5.70. The first-order valence-electron chi connectivity index (χ1n) is 5.70. The molecular weight excluding hydrogens is 273 g/mol. The van der Waals surface area contributed by atoms with Gasteiger partial charge < -0.3 is 5.32 Å². The van der Waals surface area contributed by atoms with Gasteiger partial charge in [-0.3, -0.25) is 9.59 Å². The fourth-order valence-electron chi connectivity index (χ4n) is 1.44. The number of Topliss-reactive ketones (excluding diaryl/α,β-unsaturated/α-hetero) is 1. The van der Waals surface area contributed by atoms with Crippen molar-refractivity contribution >= 4 is 17.4 Å². The Kier molecular flexibility index (Phi) is 4.86. The molecule has 0 aliphatic carbocycles. The lowest BCUT2D eigenvalue weighted by Crippen LogP contribution is -2.28. The summed E-state index contributed by atoms with van der Waals surface area (Å²) >= 11 is 0. The quantitative estimate of drug-likeness (QED) is 0.864. The first kappa shape index (κ1) is 15.7. The predicted octanol–water partition coefficient (Wildman–Crippen LogP) is 2.76. The van der Waals surface area contributed by atoms with Crippen molar-refractivity contribution < 1.29 is 22.8 Å². The van der Waals surface area contributed by atoms with Crippen LogP contribution in [0.1, 0.15) is 18.9 Å². The average molecular weight is 284 g/mol. The van der Waals surface area contributed by atoms with Gasteiger partial charge in [-0.05, 0) is 24.3 Å². The average Bonchev–Trinajstić information content (AvgIpc) is 2.38. The molecule has 1 N–H and O–H groups in total. The Hall–Kier alpha value is -2.36. The van der Waals surface area contributed by atoms with E-state index in [0.717, 1.165) is 24.3 Å². The van der Waals surface area contributed by atoms with Crippen molar-refractivity contribution in [2.45, 2.75) is 19.5 Å². The number of ketones is 1. The number of nitrogens with one attached hydrogen (secondary N) is 1. The molecular formula is C13H11F3N2O2. The van der Waals surface area contributed by atoms with Crippen LogP contribution in [0.25, 0.3) is 0 Å². The van der Waals surface area contributed by atoms with Crippen molar-refractivity contribution in [2.24, 2.45) is 5.92 Å². The lowest BCUT2D eigenvalue weighted by molar-refractivity contribution is -0.137. The summed E-state index contributed by atoms with van der Waals surface area (Å²) in [5.74, 6) is -2.85. The Morgan fingerprint density at radius 2 is 1.85 bits per heavy atom. The summed E-state index contributed by atoms with van der Waals surface area (Å²) in [5, 5.41) is 11.0. The van der Waals surface area contributed by atoms with Gasteiger partial charge in [-0.2, -0.15) is 18.4 Å². The van der Waals surface area contributed by atoms with Gasteiger partial charge >= 0.3 is 6.18 Å². The highest BCUT2D eigenvalue weighted by Crippen LogP contribution is 2.29. The number of rotatable bonds is 4. The molecule has 0 aromatic heterocycles. The van der Waals surface area contributed by atoms with Crippen LogP contribution in [0.5, 0.6) is 0 Å².